The number of hydrogen-bond acceptors (Lipinski definition) is 4. The second-order valence-electron chi connectivity index (χ2n) is 8.95. The number of benzene rings is 3. The Morgan fingerprint density at radius 1 is 1.03 bits per heavy atom. The van der Waals surface area contributed by atoms with E-state index in [0.717, 1.165) is 24.8 Å². The molecule has 0 bridgehead atoms. The Bertz CT molecular complexity index is 1390. The van der Waals surface area contributed by atoms with Crippen molar-refractivity contribution in [1.82, 2.24) is 9.80 Å². The van der Waals surface area contributed by atoms with Gasteiger partial charge in [0.05, 0.1) is 30.3 Å². The van der Waals surface area contributed by atoms with Gasteiger partial charge in [0, 0.05) is 42.2 Å². The molecule has 1 fully saturated rings. The van der Waals surface area contributed by atoms with E-state index < -0.39 is 23.7 Å². The third kappa shape index (κ3) is 5.46. The van der Waals surface area contributed by atoms with Crippen molar-refractivity contribution in [2.24, 2.45) is 0 Å². The highest BCUT2D eigenvalue weighted by Gasteiger charge is 2.41. The first-order valence-corrected chi connectivity index (χ1v) is 12.0. The maximum atomic E-state index is 13.6. The number of rotatable bonds is 5. The summed E-state index contributed by atoms with van der Waals surface area (Å²) in [6.45, 7) is 0.440. The number of likely N-dealkylation sites (tertiary alicyclic amines) is 1. The van der Waals surface area contributed by atoms with E-state index in [9.17, 15) is 22.8 Å². The number of likely N-dealkylation sites (N-methyl/N-ethyl adjacent to an activating group) is 1. The Morgan fingerprint density at radius 2 is 1.66 bits per heavy atom. The number of carbonyl (C=O) groups is 2. The molecule has 2 unspecified atom stereocenters. The lowest BCUT2D eigenvalue weighted by atomic mass is 9.93. The van der Waals surface area contributed by atoms with Crippen LogP contribution < -0.4 is 4.74 Å². The second-order valence-corrected chi connectivity index (χ2v) is 9.39. The summed E-state index contributed by atoms with van der Waals surface area (Å²) < 4.78 is 45.5. The number of nitrogens with zero attached hydrogens (tertiary/aromatic N) is 3. The first-order valence-electron chi connectivity index (χ1n) is 11.6. The normalized spacial score (nSPS) is 17.1. The van der Waals surface area contributed by atoms with Crippen LogP contribution in [0.3, 0.4) is 0 Å². The largest absolute Gasteiger partial charge is 0.496 e. The molecule has 1 saturated heterocycles. The van der Waals surface area contributed by atoms with Gasteiger partial charge in [-0.15, -0.1) is 0 Å². The summed E-state index contributed by atoms with van der Waals surface area (Å²) in [5.74, 6) is -1.59. The lowest BCUT2D eigenvalue weighted by molar-refractivity contribution is -0.138. The number of amides is 2. The van der Waals surface area contributed by atoms with Gasteiger partial charge in [-0.25, -0.2) is 0 Å². The summed E-state index contributed by atoms with van der Waals surface area (Å²) >= 11 is 6.05. The van der Waals surface area contributed by atoms with Crippen LogP contribution in [0.25, 0.3) is 0 Å². The molecule has 3 aromatic rings. The summed E-state index contributed by atoms with van der Waals surface area (Å²) in [4.78, 5) is 29.7. The predicted molar refractivity (Wildman–Crippen MR) is 135 cm³/mol. The van der Waals surface area contributed by atoms with Crippen molar-refractivity contribution in [3.05, 3.63) is 99.6 Å². The summed E-state index contributed by atoms with van der Waals surface area (Å²) in [5.41, 5.74) is 0.450. The van der Waals surface area contributed by atoms with E-state index in [4.69, 9.17) is 21.6 Å². The summed E-state index contributed by atoms with van der Waals surface area (Å²) in [7, 11) is 2.65. The topological polar surface area (TPSA) is 73.6 Å². The third-order valence-corrected chi connectivity index (χ3v) is 6.96. The lowest BCUT2D eigenvalue weighted by Gasteiger charge is -2.29. The van der Waals surface area contributed by atoms with Crippen molar-refractivity contribution in [1.29, 1.82) is 5.26 Å². The van der Waals surface area contributed by atoms with Gasteiger partial charge in [-0.05, 0) is 60.2 Å². The van der Waals surface area contributed by atoms with E-state index in [-0.39, 0.29) is 36.2 Å². The zero-order valence-corrected chi connectivity index (χ0v) is 21.3. The van der Waals surface area contributed by atoms with Gasteiger partial charge in [-0.1, -0.05) is 23.7 Å². The Morgan fingerprint density at radius 3 is 2.24 bits per heavy atom. The number of methoxy groups -OCH3 is 1. The van der Waals surface area contributed by atoms with E-state index in [2.05, 4.69) is 0 Å². The Labute approximate surface area is 222 Å². The molecule has 1 aliphatic rings. The first kappa shape index (κ1) is 27.0. The molecule has 0 spiro atoms. The number of nitriles is 1. The van der Waals surface area contributed by atoms with Crippen LogP contribution >= 0.6 is 11.6 Å². The van der Waals surface area contributed by atoms with Crippen molar-refractivity contribution in [3.63, 3.8) is 0 Å². The molecular formula is C28H23ClF3N3O3. The molecule has 1 heterocycles. The number of alkyl halides is 3. The van der Waals surface area contributed by atoms with Crippen LogP contribution in [-0.2, 0) is 6.18 Å². The van der Waals surface area contributed by atoms with Crippen LogP contribution in [-0.4, -0.2) is 54.9 Å². The highest BCUT2D eigenvalue weighted by atomic mass is 35.5. The minimum atomic E-state index is -4.70. The van der Waals surface area contributed by atoms with Crippen LogP contribution in [0, 0.1) is 11.3 Å². The van der Waals surface area contributed by atoms with Gasteiger partial charge in [0.25, 0.3) is 11.8 Å². The number of hydrogen-bond donors (Lipinski definition) is 0. The summed E-state index contributed by atoms with van der Waals surface area (Å²) in [5, 5.41) is 9.55. The standard InChI is InChI=1S/C28H23ClF3N3O3/c1-34(26(36)20-9-12-25(38-2)23(13-20)28(30,31)32)24-16-35(15-22(24)18-7-10-21(29)11-8-18)27(37)19-5-3-17(14-33)4-6-19/h3-13,22,24H,15-16H2,1-2H3. The Kier molecular flexibility index (Phi) is 7.65. The van der Waals surface area contributed by atoms with Gasteiger partial charge < -0.3 is 14.5 Å². The van der Waals surface area contributed by atoms with Gasteiger partial charge >= 0.3 is 6.18 Å². The van der Waals surface area contributed by atoms with Gasteiger partial charge in [0.1, 0.15) is 5.75 Å². The average molecular weight is 542 g/mol. The molecule has 10 heteroatoms. The van der Waals surface area contributed by atoms with E-state index in [1.54, 1.807) is 41.3 Å². The quantitative estimate of drug-likeness (QED) is 0.420. The zero-order chi connectivity index (χ0) is 27.6. The first-order chi connectivity index (χ1) is 18.0. The van der Waals surface area contributed by atoms with Gasteiger partial charge in [0.2, 0.25) is 0 Å². The molecule has 0 aliphatic carbocycles. The minimum Gasteiger partial charge on any atom is -0.496 e. The average Bonchev–Trinajstić information content (AvgIpc) is 3.37. The van der Waals surface area contributed by atoms with Crippen LogP contribution in [0.5, 0.6) is 5.75 Å². The highest BCUT2D eigenvalue weighted by Crippen LogP contribution is 2.38. The zero-order valence-electron chi connectivity index (χ0n) is 20.5. The van der Waals surface area contributed by atoms with E-state index in [0.29, 0.717) is 16.1 Å². The van der Waals surface area contributed by atoms with E-state index in [1.807, 2.05) is 18.2 Å². The fraction of sp³-hybridized carbons (Fsp3) is 0.250. The number of ether oxygens (including phenoxy) is 1. The molecule has 38 heavy (non-hydrogen) atoms. The van der Waals surface area contributed by atoms with Crippen LogP contribution in [0.1, 0.15) is 43.3 Å². The summed E-state index contributed by atoms with van der Waals surface area (Å²) in [6, 6.07) is 17.9. The SMILES string of the molecule is COc1ccc(C(=O)N(C)C2CN(C(=O)c3ccc(C#N)cc3)CC2c2ccc(Cl)cc2)cc1C(F)(F)F. The molecule has 1 aliphatic heterocycles. The van der Waals surface area contributed by atoms with Crippen molar-refractivity contribution in [2.45, 2.75) is 18.1 Å². The second kappa shape index (κ2) is 10.8. The fourth-order valence-corrected chi connectivity index (χ4v) is 4.80. The van der Waals surface area contributed by atoms with E-state index in [1.165, 1.54) is 18.0 Å². The van der Waals surface area contributed by atoms with Gasteiger partial charge in [0.15, 0.2) is 0 Å². The number of halogens is 4. The smallest absolute Gasteiger partial charge is 0.419 e. The monoisotopic (exact) mass is 541 g/mol. The van der Waals surface area contributed by atoms with Crippen molar-refractivity contribution in [3.8, 4) is 11.8 Å². The van der Waals surface area contributed by atoms with Crippen molar-refractivity contribution < 1.29 is 27.5 Å². The fourth-order valence-electron chi connectivity index (χ4n) is 4.67. The molecule has 0 N–H and O–H groups in total. The third-order valence-electron chi connectivity index (χ3n) is 6.70. The number of carbonyl (C=O) groups excluding carboxylic acids is 2. The highest BCUT2D eigenvalue weighted by molar-refractivity contribution is 6.30. The minimum absolute atomic E-state index is 0.146. The maximum absolute atomic E-state index is 13.6. The molecule has 196 valence electrons. The molecule has 2 atom stereocenters. The molecule has 2 amide bonds. The molecule has 4 rings (SSSR count). The summed E-state index contributed by atoms with van der Waals surface area (Å²) in [6.07, 6.45) is -4.70. The Balaban J connectivity index is 1.66. The Hall–Kier alpha value is -4.03. The molecule has 6 nitrogen and oxygen atoms in total. The molecule has 0 aromatic heterocycles. The van der Waals surface area contributed by atoms with E-state index >= 15 is 0 Å². The maximum Gasteiger partial charge on any atom is 0.419 e. The van der Waals surface area contributed by atoms with Crippen LogP contribution in [0.15, 0.2) is 66.7 Å². The van der Waals surface area contributed by atoms with Gasteiger partial charge in [-0.2, -0.15) is 18.4 Å². The van der Waals surface area contributed by atoms with Crippen LogP contribution in [0.2, 0.25) is 5.02 Å². The van der Waals surface area contributed by atoms with Crippen molar-refractivity contribution in [2.75, 3.05) is 27.2 Å². The molecule has 3 aromatic carbocycles. The molecular weight excluding hydrogens is 519 g/mol. The predicted octanol–water partition coefficient (Wildman–Crippen LogP) is 5.62. The lowest BCUT2D eigenvalue weighted by Crippen LogP contribution is -2.42. The molecule has 0 radical (unpaired) electrons. The van der Waals surface area contributed by atoms with Crippen LogP contribution in [0.4, 0.5) is 13.2 Å². The van der Waals surface area contributed by atoms with Crippen molar-refractivity contribution >= 4 is 23.4 Å². The van der Waals surface area contributed by atoms with Gasteiger partial charge in [-0.3, -0.25) is 9.59 Å². The molecule has 0 saturated carbocycles.